The van der Waals surface area contributed by atoms with Crippen LogP contribution in [0.4, 0.5) is 0 Å². The molecule has 2 aliphatic carbocycles. The third-order valence-electron chi connectivity index (χ3n) is 5.24. The summed E-state index contributed by atoms with van der Waals surface area (Å²) in [5, 5.41) is 3.60. The molecule has 1 N–H and O–H groups in total. The molecule has 2 saturated carbocycles. The molecule has 3 rings (SSSR count). The molecule has 2 fully saturated rings. The SMILES string of the molecule is COCCNCC1(CCc2nccn2C)CC2CC2C1. The van der Waals surface area contributed by atoms with Gasteiger partial charge < -0.3 is 14.6 Å². The van der Waals surface area contributed by atoms with Crippen LogP contribution in [0.15, 0.2) is 12.4 Å². The average Bonchev–Trinajstić information content (AvgIpc) is 2.86. The second-order valence-electron chi connectivity index (χ2n) is 6.79. The first kappa shape index (κ1) is 14.1. The number of aromatic nitrogens is 2. The fourth-order valence-corrected chi connectivity index (χ4v) is 3.98. The lowest BCUT2D eigenvalue weighted by Crippen LogP contribution is -2.35. The van der Waals surface area contributed by atoms with Gasteiger partial charge in [0, 0.05) is 46.1 Å². The summed E-state index contributed by atoms with van der Waals surface area (Å²) < 4.78 is 7.28. The number of hydrogen-bond donors (Lipinski definition) is 1. The van der Waals surface area contributed by atoms with Gasteiger partial charge >= 0.3 is 0 Å². The summed E-state index contributed by atoms with van der Waals surface area (Å²) in [4.78, 5) is 4.47. The van der Waals surface area contributed by atoms with Crippen LogP contribution in [-0.2, 0) is 18.2 Å². The van der Waals surface area contributed by atoms with Crippen LogP contribution in [0.3, 0.4) is 0 Å². The van der Waals surface area contributed by atoms with Crippen LogP contribution in [-0.4, -0.2) is 36.4 Å². The van der Waals surface area contributed by atoms with E-state index >= 15 is 0 Å². The van der Waals surface area contributed by atoms with Crippen molar-refractivity contribution < 1.29 is 4.74 Å². The maximum Gasteiger partial charge on any atom is 0.108 e. The molecule has 0 bridgehead atoms. The largest absolute Gasteiger partial charge is 0.383 e. The number of imidazole rings is 1. The lowest BCUT2D eigenvalue weighted by atomic mass is 9.78. The Labute approximate surface area is 121 Å². The van der Waals surface area contributed by atoms with Gasteiger partial charge in [-0.05, 0) is 42.9 Å². The van der Waals surface area contributed by atoms with Crippen molar-refractivity contribution in [3.63, 3.8) is 0 Å². The summed E-state index contributed by atoms with van der Waals surface area (Å²) in [6, 6.07) is 0. The van der Waals surface area contributed by atoms with Crippen LogP contribution in [0.5, 0.6) is 0 Å². The highest BCUT2D eigenvalue weighted by atomic mass is 16.5. The zero-order valence-electron chi connectivity index (χ0n) is 12.8. The van der Waals surface area contributed by atoms with Gasteiger partial charge in [-0.2, -0.15) is 0 Å². The smallest absolute Gasteiger partial charge is 0.108 e. The molecule has 1 heterocycles. The highest BCUT2D eigenvalue weighted by Gasteiger charge is 2.53. The molecule has 0 aliphatic heterocycles. The number of fused-ring (bicyclic) bond motifs is 1. The number of rotatable bonds is 8. The van der Waals surface area contributed by atoms with Gasteiger partial charge in [-0.3, -0.25) is 0 Å². The van der Waals surface area contributed by atoms with E-state index in [2.05, 4.69) is 21.9 Å². The Hall–Kier alpha value is -0.870. The van der Waals surface area contributed by atoms with Crippen molar-refractivity contribution in [2.75, 3.05) is 26.8 Å². The van der Waals surface area contributed by atoms with E-state index in [4.69, 9.17) is 4.74 Å². The fraction of sp³-hybridized carbons (Fsp3) is 0.812. The lowest BCUT2D eigenvalue weighted by Gasteiger charge is -2.31. The summed E-state index contributed by atoms with van der Waals surface area (Å²) >= 11 is 0. The molecule has 0 saturated heterocycles. The summed E-state index contributed by atoms with van der Waals surface area (Å²) in [5.41, 5.74) is 0.507. The van der Waals surface area contributed by atoms with Gasteiger partial charge in [0.2, 0.25) is 0 Å². The van der Waals surface area contributed by atoms with E-state index in [9.17, 15) is 0 Å². The molecule has 0 spiro atoms. The van der Waals surface area contributed by atoms with E-state index in [1.54, 1.807) is 7.11 Å². The molecule has 4 nitrogen and oxygen atoms in total. The highest BCUT2D eigenvalue weighted by molar-refractivity contribution is 5.05. The molecule has 1 aromatic heterocycles. The van der Waals surface area contributed by atoms with Crippen molar-refractivity contribution in [2.45, 2.75) is 32.1 Å². The van der Waals surface area contributed by atoms with Crippen molar-refractivity contribution in [3.05, 3.63) is 18.2 Å². The predicted octanol–water partition coefficient (Wildman–Crippen LogP) is 2.00. The summed E-state index contributed by atoms with van der Waals surface area (Å²) in [6.07, 6.45) is 10.7. The van der Waals surface area contributed by atoms with Crippen LogP contribution in [0.1, 0.15) is 31.5 Å². The number of aryl methyl sites for hydroxylation is 2. The van der Waals surface area contributed by atoms with Crippen LogP contribution in [0, 0.1) is 17.3 Å². The van der Waals surface area contributed by atoms with Crippen molar-refractivity contribution >= 4 is 0 Å². The quantitative estimate of drug-likeness (QED) is 0.739. The van der Waals surface area contributed by atoms with E-state index < -0.39 is 0 Å². The molecule has 0 radical (unpaired) electrons. The summed E-state index contributed by atoms with van der Waals surface area (Å²) in [5.74, 6) is 3.28. The zero-order chi connectivity index (χ0) is 14.0. The Balaban J connectivity index is 1.54. The molecule has 2 aliphatic rings. The molecular formula is C16H27N3O. The maximum absolute atomic E-state index is 5.13. The van der Waals surface area contributed by atoms with E-state index in [1.165, 1.54) is 31.5 Å². The minimum atomic E-state index is 0.507. The topological polar surface area (TPSA) is 39.1 Å². The Bertz CT molecular complexity index is 433. The number of ether oxygens (including phenoxy) is 1. The maximum atomic E-state index is 5.13. The van der Waals surface area contributed by atoms with Crippen LogP contribution in [0.25, 0.3) is 0 Å². The van der Waals surface area contributed by atoms with Crippen LogP contribution < -0.4 is 5.32 Å². The zero-order valence-corrected chi connectivity index (χ0v) is 12.8. The summed E-state index contributed by atoms with van der Waals surface area (Å²) in [6.45, 7) is 2.92. The Morgan fingerprint density at radius 3 is 2.90 bits per heavy atom. The number of methoxy groups -OCH3 is 1. The lowest BCUT2D eigenvalue weighted by molar-refractivity contribution is 0.182. The molecule has 0 amide bonds. The minimum absolute atomic E-state index is 0.507. The van der Waals surface area contributed by atoms with Crippen molar-refractivity contribution in [1.29, 1.82) is 0 Å². The number of nitrogens with zero attached hydrogens (tertiary/aromatic N) is 2. The third kappa shape index (κ3) is 3.07. The van der Waals surface area contributed by atoms with Gasteiger partial charge in [0.05, 0.1) is 6.61 Å². The Morgan fingerprint density at radius 1 is 1.45 bits per heavy atom. The molecule has 4 heteroatoms. The monoisotopic (exact) mass is 277 g/mol. The molecule has 2 atom stereocenters. The second-order valence-corrected chi connectivity index (χ2v) is 6.79. The fourth-order valence-electron chi connectivity index (χ4n) is 3.98. The number of nitrogens with one attached hydrogen (secondary N) is 1. The van der Waals surface area contributed by atoms with Crippen molar-refractivity contribution in [2.24, 2.45) is 24.3 Å². The molecule has 1 aromatic rings. The van der Waals surface area contributed by atoms with Gasteiger partial charge in [-0.1, -0.05) is 0 Å². The third-order valence-corrected chi connectivity index (χ3v) is 5.24. The van der Waals surface area contributed by atoms with Crippen LogP contribution >= 0.6 is 0 Å². The molecule has 112 valence electrons. The molecule has 20 heavy (non-hydrogen) atoms. The number of hydrogen-bond acceptors (Lipinski definition) is 3. The van der Waals surface area contributed by atoms with Gasteiger partial charge in [-0.15, -0.1) is 0 Å². The van der Waals surface area contributed by atoms with Gasteiger partial charge in [-0.25, -0.2) is 4.98 Å². The normalized spacial score (nSPS) is 31.5. The van der Waals surface area contributed by atoms with Gasteiger partial charge in [0.1, 0.15) is 5.82 Å². The second kappa shape index (κ2) is 5.86. The molecular weight excluding hydrogens is 250 g/mol. The first-order chi connectivity index (χ1) is 9.72. The Morgan fingerprint density at radius 2 is 2.25 bits per heavy atom. The van der Waals surface area contributed by atoms with E-state index in [1.807, 2.05) is 12.4 Å². The van der Waals surface area contributed by atoms with Crippen LogP contribution in [0.2, 0.25) is 0 Å². The van der Waals surface area contributed by atoms with E-state index in [0.717, 1.165) is 38.0 Å². The summed E-state index contributed by atoms with van der Waals surface area (Å²) in [7, 11) is 3.86. The standard InChI is InChI=1S/C16H27N3O/c1-19-7-5-18-15(19)3-4-16(12-17-6-8-20-2)10-13-9-14(13)11-16/h5,7,13-14,17H,3-4,6,8-12H2,1-2H3. The Kier molecular flexibility index (Phi) is 4.13. The van der Waals surface area contributed by atoms with Crippen molar-refractivity contribution in [3.8, 4) is 0 Å². The molecule has 2 unspecified atom stereocenters. The van der Waals surface area contributed by atoms with E-state index in [-0.39, 0.29) is 0 Å². The van der Waals surface area contributed by atoms with Gasteiger partial charge in [0.15, 0.2) is 0 Å². The minimum Gasteiger partial charge on any atom is -0.383 e. The van der Waals surface area contributed by atoms with Gasteiger partial charge in [0.25, 0.3) is 0 Å². The molecule has 0 aromatic carbocycles. The van der Waals surface area contributed by atoms with Crippen molar-refractivity contribution in [1.82, 2.24) is 14.9 Å². The first-order valence-electron chi connectivity index (χ1n) is 7.88. The predicted molar refractivity (Wildman–Crippen MR) is 79.5 cm³/mol. The highest BCUT2D eigenvalue weighted by Crippen LogP contribution is 2.61. The first-order valence-corrected chi connectivity index (χ1v) is 7.88. The van der Waals surface area contributed by atoms with E-state index in [0.29, 0.717) is 5.41 Å². The average molecular weight is 277 g/mol.